The van der Waals surface area contributed by atoms with Gasteiger partial charge in [-0.25, -0.2) is 19.6 Å². The van der Waals surface area contributed by atoms with Crippen LogP contribution in [0.15, 0.2) is 139 Å². The van der Waals surface area contributed by atoms with Crippen LogP contribution in [-0.4, -0.2) is 175 Å². The standard InChI is InChI=1S/C41H52N6O5.C34H39N5O4S/c1-3-4-24-50-34-26-32-13-8-9-15-35(32)38(27-34)47-18-16-36-37(28-47)42-40(51-30-33-14-10-17-44(33)23-25-49-2)43-39(36)45-19-21-46(22-20-45)41(48)52-29-31-11-6-5-7-12-31;1-3-4-20-42-27-21-26-12-8-9-13-28(26)31(22-27)39-15-14-29-30(23-39)35-33(44(2)41)36-32(29)37-16-18-38(19-17-37)34(40)43-24-25-10-6-5-7-11-25/h5-9,11-13,15,26-27,33H,3-4,10,14,16-25,28-30H2,1-2H3;5-13,21-22H,3-4,14-20,23-24H2,1-2H3/t33-;/m0./s1. The highest BCUT2D eigenvalue weighted by Gasteiger charge is 2.34. The lowest BCUT2D eigenvalue weighted by molar-refractivity contribution is 0.0934. The first-order valence-corrected chi connectivity index (χ1v) is 35.9. The lowest BCUT2D eigenvalue weighted by Crippen LogP contribution is -2.49. The number of hydrogen-bond donors (Lipinski definition) is 0. The number of ether oxygens (including phenoxy) is 6. The van der Waals surface area contributed by atoms with E-state index in [9.17, 15) is 13.8 Å². The van der Waals surface area contributed by atoms with Crippen LogP contribution in [0.2, 0.25) is 0 Å². The second-order valence-corrected chi connectivity index (χ2v) is 26.5. The van der Waals surface area contributed by atoms with Crippen LogP contribution in [-0.2, 0) is 64.2 Å². The number of piperazine rings is 2. The van der Waals surface area contributed by atoms with E-state index in [-0.39, 0.29) is 25.4 Å². The molecule has 21 heteroatoms. The maximum Gasteiger partial charge on any atom is 0.410 e. The summed E-state index contributed by atoms with van der Waals surface area (Å²) >= 11 is 0. The molecule has 5 aliphatic heterocycles. The predicted octanol–water partition coefficient (Wildman–Crippen LogP) is 11.9. The summed E-state index contributed by atoms with van der Waals surface area (Å²) in [5, 5.41) is 5.02. The molecule has 13 rings (SSSR count). The lowest BCUT2D eigenvalue weighted by atomic mass is 10.0. The van der Waals surface area contributed by atoms with Crippen molar-refractivity contribution >= 4 is 67.5 Å². The number of carbonyl (C=O) groups excluding carboxylic acids is 2. The lowest BCUT2D eigenvalue weighted by Gasteiger charge is -2.38. The average Bonchev–Trinajstić information content (AvgIpc) is 0.818. The molecule has 2 amide bonds. The van der Waals surface area contributed by atoms with Crippen LogP contribution in [0.1, 0.15) is 86.0 Å². The molecule has 2 aromatic heterocycles. The Hall–Kier alpha value is -8.79. The van der Waals surface area contributed by atoms with Crippen molar-refractivity contribution < 1.29 is 42.2 Å². The van der Waals surface area contributed by atoms with Crippen LogP contribution in [0.4, 0.5) is 32.6 Å². The van der Waals surface area contributed by atoms with Crippen LogP contribution in [0.5, 0.6) is 17.5 Å². The molecular formula is C75H91N11O9S. The van der Waals surface area contributed by atoms with Gasteiger partial charge in [-0.2, -0.15) is 9.97 Å². The normalized spacial score (nSPS) is 16.8. The van der Waals surface area contributed by atoms with Crippen LogP contribution >= 0.6 is 0 Å². The van der Waals surface area contributed by atoms with Crippen molar-refractivity contribution in [2.45, 2.75) is 103 Å². The third-order valence-electron chi connectivity index (χ3n) is 18.7. The maximum atomic E-state index is 13.0. The van der Waals surface area contributed by atoms with Crippen LogP contribution in [0, 0.1) is 0 Å². The molecule has 2 atom stereocenters. The molecule has 96 heavy (non-hydrogen) atoms. The summed E-state index contributed by atoms with van der Waals surface area (Å²) in [6.07, 6.45) is 9.04. The molecule has 506 valence electrons. The highest BCUT2D eigenvalue weighted by atomic mass is 32.2. The van der Waals surface area contributed by atoms with Crippen molar-refractivity contribution in [2.24, 2.45) is 0 Å². The zero-order chi connectivity index (χ0) is 66.2. The summed E-state index contributed by atoms with van der Waals surface area (Å²) in [6.45, 7) is 17.0. The molecule has 0 saturated carbocycles. The van der Waals surface area contributed by atoms with Gasteiger partial charge in [-0.15, -0.1) is 0 Å². The summed E-state index contributed by atoms with van der Waals surface area (Å²) in [5.74, 6) is 3.52. The number of amides is 2. The fourth-order valence-corrected chi connectivity index (χ4v) is 13.8. The molecule has 3 saturated heterocycles. The monoisotopic (exact) mass is 1320 g/mol. The molecule has 20 nitrogen and oxygen atoms in total. The third kappa shape index (κ3) is 16.7. The molecule has 6 aromatic carbocycles. The SMILES string of the molecule is CCCCOc1cc(N2CCc3c(nc(OC[C@@H]4CCCN4CCOC)nc3N3CCN(C(=O)OCc4ccccc4)CC3)C2)c2ccccc2c1.CCCCOc1cc(N2CCc3c(nc(S(C)=O)nc3N3CCN(C(=O)OCc4ccccc4)CC3)C2)c2ccccc2c1. The van der Waals surface area contributed by atoms with Crippen molar-refractivity contribution in [3.8, 4) is 17.5 Å². The molecule has 0 radical (unpaired) electrons. The number of nitrogens with zero attached hydrogens (tertiary/aromatic N) is 11. The highest BCUT2D eigenvalue weighted by Crippen LogP contribution is 2.39. The summed E-state index contributed by atoms with van der Waals surface area (Å²) in [7, 11) is 0.414. The number of rotatable bonds is 23. The van der Waals surface area contributed by atoms with Crippen molar-refractivity contribution in [3.05, 3.63) is 167 Å². The minimum Gasteiger partial charge on any atom is -0.493 e. The van der Waals surface area contributed by atoms with E-state index in [0.29, 0.717) is 109 Å². The molecule has 7 heterocycles. The number of carbonyl (C=O) groups is 2. The molecule has 8 aromatic rings. The third-order valence-corrected chi connectivity index (χ3v) is 19.4. The van der Waals surface area contributed by atoms with E-state index >= 15 is 0 Å². The number of methoxy groups -OCH3 is 1. The number of fused-ring (bicyclic) bond motifs is 4. The van der Waals surface area contributed by atoms with Gasteiger partial charge >= 0.3 is 18.2 Å². The predicted molar refractivity (Wildman–Crippen MR) is 377 cm³/mol. The molecule has 0 aliphatic carbocycles. The van der Waals surface area contributed by atoms with E-state index < -0.39 is 10.8 Å². The van der Waals surface area contributed by atoms with Gasteiger partial charge in [0.15, 0.2) is 0 Å². The Balaban J connectivity index is 0.000000186. The highest BCUT2D eigenvalue weighted by molar-refractivity contribution is 7.84. The molecular weight excluding hydrogens is 1230 g/mol. The Morgan fingerprint density at radius 2 is 1.02 bits per heavy atom. The first-order chi connectivity index (χ1) is 47.1. The Morgan fingerprint density at radius 1 is 0.531 bits per heavy atom. The van der Waals surface area contributed by atoms with Crippen molar-refractivity contribution in [1.29, 1.82) is 0 Å². The molecule has 5 aliphatic rings. The molecule has 0 bridgehead atoms. The Kier molecular flexibility index (Phi) is 22.9. The van der Waals surface area contributed by atoms with E-state index in [1.54, 1.807) is 23.2 Å². The number of hydrogen-bond acceptors (Lipinski definition) is 18. The van der Waals surface area contributed by atoms with Crippen LogP contribution in [0.25, 0.3) is 21.5 Å². The first kappa shape index (κ1) is 67.2. The zero-order valence-electron chi connectivity index (χ0n) is 56.1. The fourth-order valence-electron chi connectivity index (χ4n) is 13.4. The average molecular weight is 1320 g/mol. The minimum absolute atomic E-state index is 0.255. The summed E-state index contributed by atoms with van der Waals surface area (Å²) < 4.78 is 48.0. The molecule has 3 fully saturated rings. The van der Waals surface area contributed by atoms with Gasteiger partial charge in [0.25, 0.3) is 0 Å². The van der Waals surface area contributed by atoms with Crippen molar-refractivity contribution in [1.82, 2.24) is 34.6 Å². The molecule has 1 unspecified atom stereocenters. The van der Waals surface area contributed by atoms with Gasteiger partial charge in [0.2, 0.25) is 5.16 Å². The smallest absolute Gasteiger partial charge is 0.410 e. The number of aromatic nitrogens is 4. The van der Waals surface area contributed by atoms with Gasteiger partial charge in [-0.05, 0) is 79.1 Å². The minimum atomic E-state index is -1.34. The van der Waals surface area contributed by atoms with Gasteiger partial charge in [-0.3, -0.25) is 9.11 Å². The quantitative estimate of drug-likeness (QED) is 0.0435. The van der Waals surface area contributed by atoms with E-state index in [1.807, 2.05) is 60.7 Å². The summed E-state index contributed by atoms with van der Waals surface area (Å²) in [5.41, 5.74) is 8.35. The zero-order valence-corrected chi connectivity index (χ0v) is 56.9. The van der Waals surface area contributed by atoms with Crippen molar-refractivity contribution in [2.75, 3.05) is 138 Å². The Bertz CT molecular complexity index is 3930. The van der Waals surface area contributed by atoms with E-state index in [0.717, 1.165) is 151 Å². The second kappa shape index (κ2) is 32.8. The number of unbranched alkanes of at least 4 members (excludes halogenated alkanes) is 2. The summed E-state index contributed by atoms with van der Waals surface area (Å²) in [4.78, 5) is 60.8. The van der Waals surface area contributed by atoms with Gasteiger partial charge < -0.3 is 57.8 Å². The maximum absolute atomic E-state index is 13.0. The Labute approximate surface area is 566 Å². The van der Waals surface area contributed by atoms with E-state index in [1.165, 1.54) is 16.2 Å². The van der Waals surface area contributed by atoms with Crippen LogP contribution in [0.3, 0.4) is 0 Å². The van der Waals surface area contributed by atoms with Crippen LogP contribution < -0.4 is 33.8 Å². The summed E-state index contributed by atoms with van der Waals surface area (Å²) in [6, 6.07) is 45.7. The van der Waals surface area contributed by atoms with Gasteiger partial charge in [0, 0.05) is 137 Å². The van der Waals surface area contributed by atoms with Gasteiger partial charge in [-0.1, -0.05) is 136 Å². The second-order valence-electron chi connectivity index (χ2n) is 25.2. The molecule has 0 spiro atoms. The Morgan fingerprint density at radius 3 is 1.52 bits per heavy atom. The van der Waals surface area contributed by atoms with E-state index in [2.05, 4.69) is 111 Å². The molecule has 0 N–H and O–H groups in total. The number of anilines is 4. The largest absolute Gasteiger partial charge is 0.493 e. The van der Waals surface area contributed by atoms with E-state index in [4.69, 9.17) is 48.4 Å². The topological polar surface area (TPSA) is 181 Å². The number of likely N-dealkylation sites (tertiary alicyclic amines) is 1. The number of benzene rings is 6. The van der Waals surface area contributed by atoms with Crippen molar-refractivity contribution in [3.63, 3.8) is 0 Å². The fraction of sp³-hybridized carbons (Fsp3) is 0.440. The van der Waals surface area contributed by atoms with Gasteiger partial charge in [0.05, 0.1) is 55.1 Å². The first-order valence-electron chi connectivity index (χ1n) is 34.3. The van der Waals surface area contributed by atoms with Gasteiger partial charge in [0.1, 0.15) is 43.0 Å².